The molecule has 0 aliphatic carbocycles. The van der Waals surface area contributed by atoms with Crippen LogP contribution < -0.4 is 14.8 Å². The van der Waals surface area contributed by atoms with Crippen molar-refractivity contribution < 1.29 is 23.7 Å². The summed E-state index contributed by atoms with van der Waals surface area (Å²) in [6.45, 7) is 6.29. The molecule has 7 heteroatoms. The monoisotopic (exact) mass is 427 g/mol. The minimum absolute atomic E-state index is 0. The van der Waals surface area contributed by atoms with Gasteiger partial charge < -0.3 is 24.6 Å². The van der Waals surface area contributed by atoms with Crippen LogP contribution in [0.15, 0.2) is 48.5 Å². The lowest BCUT2D eigenvalue weighted by Gasteiger charge is -2.15. The van der Waals surface area contributed by atoms with Gasteiger partial charge >= 0.3 is 0 Å². The normalized spacial score (nSPS) is 11.8. The second-order valence-corrected chi connectivity index (χ2v) is 6.84. The van der Waals surface area contributed by atoms with Gasteiger partial charge in [-0.25, -0.2) is 4.39 Å². The van der Waals surface area contributed by atoms with Gasteiger partial charge in [-0.15, -0.1) is 12.4 Å². The highest BCUT2D eigenvalue weighted by Crippen LogP contribution is 2.17. The van der Waals surface area contributed by atoms with Crippen LogP contribution in [-0.2, 0) is 11.2 Å². The number of aliphatic hydroxyl groups is 1. The zero-order valence-corrected chi connectivity index (χ0v) is 17.8. The highest BCUT2D eigenvalue weighted by atomic mass is 35.5. The number of halogens is 2. The Bertz CT molecular complexity index is 668. The van der Waals surface area contributed by atoms with Gasteiger partial charge in [-0.3, -0.25) is 0 Å². The fourth-order valence-corrected chi connectivity index (χ4v) is 2.42. The molecule has 2 aromatic rings. The quantitative estimate of drug-likeness (QED) is 0.478. The minimum Gasteiger partial charge on any atom is -0.491 e. The summed E-state index contributed by atoms with van der Waals surface area (Å²) >= 11 is 0. The lowest BCUT2D eigenvalue weighted by atomic mass is 10.2. The van der Waals surface area contributed by atoms with Crippen LogP contribution in [0.2, 0.25) is 0 Å². The largest absolute Gasteiger partial charge is 0.491 e. The number of hydrogen-bond donors (Lipinski definition) is 2. The molecule has 0 aliphatic rings. The molecular formula is C22H31ClFNO4. The molecule has 0 saturated carbocycles. The number of benzene rings is 2. The topological polar surface area (TPSA) is 60.0 Å². The van der Waals surface area contributed by atoms with Crippen LogP contribution in [0.5, 0.6) is 11.5 Å². The van der Waals surface area contributed by atoms with Crippen LogP contribution in [0.4, 0.5) is 4.39 Å². The Morgan fingerprint density at radius 2 is 1.52 bits per heavy atom. The maximum Gasteiger partial charge on any atom is 0.123 e. The zero-order chi connectivity index (χ0) is 20.2. The van der Waals surface area contributed by atoms with Gasteiger partial charge in [-0.2, -0.15) is 0 Å². The molecular weight excluding hydrogens is 397 g/mol. The molecule has 162 valence electrons. The highest BCUT2D eigenvalue weighted by molar-refractivity contribution is 5.85. The molecule has 5 nitrogen and oxygen atoms in total. The molecule has 0 heterocycles. The first-order chi connectivity index (χ1) is 13.5. The van der Waals surface area contributed by atoms with Gasteiger partial charge in [0, 0.05) is 12.6 Å². The van der Waals surface area contributed by atoms with Crippen LogP contribution in [0.25, 0.3) is 0 Å². The van der Waals surface area contributed by atoms with Gasteiger partial charge in [0.15, 0.2) is 0 Å². The smallest absolute Gasteiger partial charge is 0.123 e. The molecule has 2 N–H and O–H groups in total. The van der Waals surface area contributed by atoms with Crippen molar-refractivity contribution in [2.75, 3.05) is 33.0 Å². The summed E-state index contributed by atoms with van der Waals surface area (Å²) in [5, 5.41) is 13.0. The SMILES string of the molecule is CC(C)NCC(O)COc1ccc(OCCOCCc2ccc(F)cc2)cc1.Cl. The third kappa shape index (κ3) is 11.0. The van der Waals surface area contributed by atoms with Crippen molar-refractivity contribution in [1.29, 1.82) is 0 Å². The van der Waals surface area contributed by atoms with Crippen molar-refractivity contribution in [3.05, 3.63) is 59.9 Å². The van der Waals surface area contributed by atoms with Crippen LogP contribution in [-0.4, -0.2) is 50.2 Å². The fourth-order valence-electron chi connectivity index (χ4n) is 2.42. The van der Waals surface area contributed by atoms with E-state index in [0.717, 1.165) is 17.7 Å². The van der Waals surface area contributed by atoms with E-state index in [2.05, 4.69) is 5.32 Å². The van der Waals surface area contributed by atoms with Gasteiger partial charge in [0.1, 0.15) is 36.6 Å². The second kappa shape index (κ2) is 14.2. The third-order valence-electron chi connectivity index (χ3n) is 3.97. The van der Waals surface area contributed by atoms with E-state index in [1.54, 1.807) is 12.1 Å². The fraction of sp³-hybridized carbons (Fsp3) is 0.455. The van der Waals surface area contributed by atoms with E-state index in [4.69, 9.17) is 14.2 Å². The summed E-state index contributed by atoms with van der Waals surface area (Å²) in [7, 11) is 0. The van der Waals surface area contributed by atoms with Gasteiger partial charge in [0.25, 0.3) is 0 Å². The molecule has 2 aromatic carbocycles. The van der Waals surface area contributed by atoms with E-state index in [9.17, 15) is 9.50 Å². The maximum absolute atomic E-state index is 12.8. The van der Waals surface area contributed by atoms with Gasteiger partial charge in [0.05, 0.1) is 13.2 Å². The van der Waals surface area contributed by atoms with Crippen LogP contribution in [0, 0.1) is 5.82 Å². The van der Waals surface area contributed by atoms with Gasteiger partial charge in [0.2, 0.25) is 0 Å². The Morgan fingerprint density at radius 1 is 0.897 bits per heavy atom. The number of ether oxygens (including phenoxy) is 3. The van der Waals surface area contributed by atoms with E-state index in [0.29, 0.717) is 38.2 Å². The van der Waals surface area contributed by atoms with E-state index in [1.165, 1.54) is 12.1 Å². The Labute approximate surface area is 178 Å². The molecule has 0 saturated heterocycles. The molecule has 1 atom stereocenters. The Morgan fingerprint density at radius 3 is 2.14 bits per heavy atom. The van der Waals surface area contributed by atoms with Crippen LogP contribution in [0.3, 0.4) is 0 Å². The Kier molecular flexibility index (Phi) is 12.3. The highest BCUT2D eigenvalue weighted by Gasteiger charge is 2.06. The molecule has 0 fully saturated rings. The molecule has 1 unspecified atom stereocenters. The predicted octanol–water partition coefficient (Wildman–Crippen LogP) is 3.62. The van der Waals surface area contributed by atoms with Crippen molar-refractivity contribution in [1.82, 2.24) is 5.32 Å². The first kappa shape index (κ1) is 25.2. The molecule has 0 bridgehead atoms. The summed E-state index contributed by atoms with van der Waals surface area (Å²) in [6, 6.07) is 14.0. The number of rotatable bonds is 13. The Balaban J connectivity index is 0.00000420. The summed E-state index contributed by atoms with van der Waals surface area (Å²) in [5.74, 6) is 1.19. The Hall–Kier alpha value is -1.86. The van der Waals surface area contributed by atoms with Crippen molar-refractivity contribution in [2.24, 2.45) is 0 Å². The van der Waals surface area contributed by atoms with Crippen molar-refractivity contribution in [3.8, 4) is 11.5 Å². The van der Waals surface area contributed by atoms with Crippen molar-refractivity contribution in [2.45, 2.75) is 32.4 Å². The van der Waals surface area contributed by atoms with Crippen molar-refractivity contribution >= 4 is 12.4 Å². The lowest BCUT2D eigenvalue weighted by Crippen LogP contribution is -2.35. The molecule has 0 aliphatic heterocycles. The molecule has 0 radical (unpaired) electrons. The van der Waals surface area contributed by atoms with E-state index in [-0.39, 0.29) is 24.8 Å². The van der Waals surface area contributed by atoms with E-state index in [1.807, 2.05) is 38.1 Å². The van der Waals surface area contributed by atoms with Crippen LogP contribution in [0.1, 0.15) is 19.4 Å². The van der Waals surface area contributed by atoms with Gasteiger partial charge in [-0.05, 0) is 48.4 Å². The molecule has 0 spiro atoms. The van der Waals surface area contributed by atoms with Crippen molar-refractivity contribution in [3.63, 3.8) is 0 Å². The number of hydrogen-bond acceptors (Lipinski definition) is 5. The number of aliphatic hydroxyl groups excluding tert-OH is 1. The lowest BCUT2D eigenvalue weighted by molar-refractivity contribution is 0.102. The van der Waals surface area contributed by atoms with Gasteiger partial charge in [-0.1, -0.05) is 26.0 Å². The molecule has 0 aromatic heterocycles. The second-order valence-electron chi connectivity index (χ2n) is 6.84. The average Bonchev–Trinajstić information content (AvgIpc) is 2.69. The molecule has 29 heavy (non-hydrogen) atoms. The minimum atomic E-state index is -0.551. The zero-order valence-electron chi connectivity index (χ0n) is 17.0. The first-order valence-corrected chi connectivity index (χ1v) is 9.62. The first-order valence-electron chi connectivity index (χ1n) is 9.62. The number of nitrogens with one attached hydrogen (secondary N) is 1. The molecule has 0 amide bonds. The maximum atomic E-state index is 12.8. The predicted molar refractivity (Wildman–Crippen MR) is 115 cm³/mol. The third-order valence-corrected chi connectivity index (χ3v) is 3.97. The summed E-state index contributed by atoms with van der Waals surface area (Å²) in [5.41, 5.74) is 1.04. The van der Waals surface area contributed by atoms with Crippen LogP contribution >= 0.6 is 12.4 Å². The summed E-state index contributed by atoms with van der Waals surface area (Å²) in [4.78, 5) is 0. The summed E-state index contributed by atoms with van der Waals surface area (Å²) < 4.78 is 29.6. The molecule has 2 rings (SSSR count). The van der Waals surface area contributed by atoms with E-state index < -0.39 is 6.10 Å². The standard InChI is InChI=1S/C22H30FNO4.ClH/c1-17(2)24-15-20(25)16-28-22-9-7-21(8-10-22)27-14-13-26-12-11-18-3-5-19(23)6-4-18;/h3-10,17,20,24-25H,11-16H2,1-2H3;1H. The van der Waals surface area contributed by atoms with E-state index >= 15 is 0 Å². The summed E-state index contributed by atoms with van der Waals surface area (Å²) in [6.07, 6.45) is 0.190. The average molecular weight is 428 g/mol.